The van der Waals surface area contributed by atoms with E-state index in [4.69, 9.17) is 9.47 Å². The molecule has 0 unspecified atom stereocenters. The quantitative estimate of drug-likeness (QED) is 0.499. The van der Waals surface area contributed by atoms with E-state index in [1.807, 2.05) is 54.6 Å². The van der Waals surface area contributed by atoms with Gasteiger partial charge in [0.1, 0.15) is 5.75 Å². The van der Waals surface area contributed by atoms with Gasteiger partial charge in [-0.1, -0.05) is 48.5 Å². The normalized spacial score (nSPS) is 12.2. The van der Waals surface area contributed by atoms with Gasteiger partial charge in [0, 0.05) is 12.6 Å². The molecule has 0 fully saturated rings. The third-order valence-corrected chi connectivity index (χ3v) is 3.64. The van der Waals surface area contributed by atoms with Gasteiger partial charge in [-0.25, -0.2) is 4.79 Å². The maximum atomic E-state index is 12.7. The smallest absolute Gasteiger partial charge is 0.339 e. The summed E-state index contributed by atoms with van der Waals surface area (Å²) in [4.78, 5) is 24.3. The number of likely N-dealkylation sites (N-methyl/N-ethyl adjacent to an activating group) is 1. The van der Waals surface area contributed by atoms with Gasteiger partial charge in [-0.15, -0.1) is 0 Å². The molecule has 130 valence electrons. The molecule has 0 spiro atoms. The molecule has 25 heavy (non-hydrogen) atoms. The fourth-order valence-electron chi connectivity index (χ4n) is 2.30. The van der Waals surface area contributed by atoms with Crippen LogP contribution in [0, 0.1) is 0 Å². The van der Waals surface area contributed by atoms with Gasteiger partial charge < -0.3 is 14.8 Å². The third kappa shape index (κ3) is 4.70. The summed E-state index contributed by atoms with van der Waals surface area (Å²) in [6, 6.07) is 16.5. The monoisotopic (exact) mass is 339 g/mol. The summed E-state index contributed by atoms with van der Waals surface area (Å²) in [5.41, 5.74) is 1.79. The maximum absolute atomic E-state index is 12.7. The van der Waals surface area contributed by atoms with E-state index in [-0.39, 0.29) is 5.91 Å². The average molecular weight is 339 g/mol. The van der Waals surface area contributed by atoms with Crippen LogP contribution < -0.4 is 10.1 Å². The number of para-hydroxylation sites is 1. The molecule has 1 N–H and O–H groups in total. The number of hydrogen-bond acceptors (Lipinski definition) is 4. The lowest BCUT2D eigenvalue weighted by atomic mass is 10.0. The van der Waals surface area contributed by atoms with Crippen LogP contribution in [0.3, 0.4) is 0 Å². The number of benzene rings is 2. The first-order valence-corrected chi connectivity index (χ1v) is 7.89. The highest BCUT2D eigenvalue weighted by atomic mass is 16.5. The van der Waals surface area contributed by atoms with E-state index in [0.717, 1.165) is 5.56 Å². The Morgan fingerprint density at radius 1 is 1.04 bits per heavy atom. The van der Waals surface area contributed by atoms with Crippen LogP contribution in [0.25, 0.3) is 11.6 Å². The molecule has 0 aliphatic rings. The van der Waals surface area contributed by atoms with Crippen molar-refractivity contribution in [2.45, 2.75) is 13.0 Å². The van der Waals surface area contributed by atoms with Crippen molar-refractivity contribution in [2.75, 3.05) is 14.2 Å². The van der Waals surface area contributed by atoms with Gasteiger partial charge in [-0.05, 0) is 24.6 Å². The molecule has 0 bridgehead atoms. The number of hydrogen-bond donors (Lipinski definition) is 1. The number of carbonyl (C=O) groups is 2. The Balaban J connectivity index is 2.42. The highest BCUT2D eigenvalue weighted by Gasteiger charge is 2.21. The zero-order chi connectivity index (χ0) is 18.2. The van der Waals surface area contributed by atoms with E-state index in [2.05, 4.69) is 5.32 Å². The van der Waals surface area contributed by atoms with Crippen LogP contribution >= 0.6 is 0 Å². The fraction of sp³-hybridized carbons (Fsp3) is 0.200. The van der Waals surface area contributed by atoms with Gasteiger partial charge in [-0.2, -0.15) is 0 Å². The Morgan fingerprint density at radius 2 is 1.68 bits per heavy atom. The van der Waals surface area contributed by atoms with Crippen LogP contribution in [0.1, 0.15) is 18.1 Å². The molecular formula is C20H21NO4. The van der Waals surface area contributed by atoms with Gasteiger partial charge in [0.05, 0.1) is 12.7 Å². The summed E-state index contributed by atoms with van der Waals surface area (Å²) in [7, 11) is 3.07. The predicted octanol–water partition coefficient (Wildman–Crippen LogP) is 2.91. The van der Waals surface area contributed by atoms with Crippen molar-refractivity contribution in [3.05, 3.63) is 65.7 Å². The molecule has 0 aromatic heterocycles. The van der Waals surface area contributed by atoms with Crippen molar-refractivity contribution in [3.63, 3.8) is 0 Å². The van der Waals surface area contributed by atoms with E-state index in [0.29, 0.717) is 16.9 Å². The minimum absolute atomic E-state index is 0.348. The zero-order valence-corrected chi connectivity index (χ0v) is 14.5. The van der Waals surface area contributed by atoms with Crippen LogP contribution in [-0.2, 0) is 14.3 Å². The number of nitrogens with one attached hydrogen (secondary N) is 1. The standard InChI is InChI=1S/C20H21NO4/c1-14(19(22)21-2)25-20(23)17(15-9-5-4-6-10-15)13-16-11-7-8-12-18(16)24-3/h4-14H,1-3H3,(H,21,22)/b17-13+/t14-/m0/s1. The molecule has 0 saturated heterocycles. The fourth-order valence-corrected chi connectivity index (χ4v) is 2.30. The van der Waals surface area contributed by atoms with E-state index in [9.17, 15) is 9.59 Å². The lowest BCUT2D eigenvalue weighted by Gasteiger charge is -2.14. The van der Waals surface area contributed by atoms with Crippen molar-refractivity contribution >= 4 is 23.5 Å². The summed E-state index contributed by atoms with van der Waals surface area (Å²) in [5.74, 6) is -0.297. The molecule has 5 heteroatoms. The predicted molar refractivity (Wildman–Crippen MR) is 96.9 cm³/mol. The maximum Gasteiger partial charge on any atom is 0.339 e. The Morgan fingerprint density at radius 3 is 2.32 bits per heavy atom. The summed E-state index contributed by atoms with van der Waals surface area (Å²) in [6.07, 6.45) is 0.815. The van der Waals surface area contributed by atoms with Gasteiger partial charge in [0.25, 0.3) is 5.91 Å². The van der Waals surface area contributed by atoms with Crippen LogP contribution in [0.4, 0.5) is 0 Å². The first-order chi connectivity index (χ1) is 12.1. The van der Waals surface area contributed by atoms with Crippen molar-refractivity contribution in [2.24, 2.45) is 0 Å². The molecule has 2 rings (SSSR count). The van der Waals surface area contributed by atoms with Gasteiger partial charge >= 0.3 is 5.97 Å². The molecule has 5 nitrogen and oxygen atoms in total. The second-order valence-corrected chi connectivity index (χ2v) is 5.33. The van der Waals surface area contributed by atoms with Crippen molar-refractivity contribution in [1.82, 2.24) is 5.32 Å². The molecular weight excluding hydrogens is 318 g/mol. The summed E-state index contributed by atoms with van der Waals surface area (Å²) >= 11 is 0. The Bertz CT molecular complexity index is 768. The first-order valence-electron chi connectivity index (χ1n) is 7.89. The van der Waals surface area contributed by atoms with Gasteiger partial charge in [0.15, 0.2) is 6.10 Å². The Kier molecular flexibility index (Phi) is 6.34. The SMILES string of the molecule is CNC(=O)[C@H](C)OC(=O)/C(=C/c1ccccc1OC)c1ccccc1. The second kappa shape index (κ2) is 8.68. The lowest BCUT2D eigenvalue weighted by Crippen LogP contribution is -2.33. The molecule has 1 atom stereocenters. The van der Waals surface area contributed by atoms with Crippen LogP contribution in [-0.4, -0.2) is 32.1 Å². The average Bonchev–Trinajstić information content (AvgIpc) is 2.66. The van der Waals surface area contributed by atoms with E-state index >= 15 is 0 Å². The van der Waals surface area contributed by atoms with Gasteiger partial charge in [0.2, 0.25) is 0 Å². The van der Waals surface area contributed by atoms with E-state index < -0.39 is 12.1 Å². The largest absolute Gasteiger partial charge is 0.496 e. The lowest BCUT2D eigenvalue weighted by molar-refractivity contribution is -0.149. The molecule has 0 heterocycles. The molecule has 0 saturated carbocycles. The number of amides is 1. The third-order valence-electron chi connectivity index (χ3n) is 3.64. The molecule has 1 amide bonds. The molecule has 2 aromatic rings. The molecule has 0 aliphatic carbocycles. The van der Waals surface area contributed by atoms with Crippen LogP contribution in [0.2, 0.25) is 0 Å². The molecule has 0 radical (unpaired) electrons. The van der Waals surface area contributed by atoms with Crippen molar-refractivity contribution in [3.8, 4) is 5.75 Å². The van der Waals surface area contributed by atoms with E-state index in [1.165, 1.54) is 14.0 Å². The number of rotatable bonds is 6. The number of ether oxygens (including phenoxy) is 2. The van der Waals surface area contributed by atoms with Gasteiger partial charge in [-0.3, -0.25) is 4.79 Å². The second-order valence-electron chi connectivity index (χ2n) is 5.33. The zero-order valence-electron chi connectivity index (χ0n) is 14.5. The number of esters is 1. The highest BCUT2D eigenvalue weighted by Crippen LogP contribution is 2.25. The number of methoxy groups -OCH3 is 1. The van der Waals surface area contributed by atoms with Crippen molar-refractivity contribution < 1.29 is 19.1 Å². The topological polar surface area (TPSA) is 64.6 Å². The molecule has 0 aliphatic heterocycles. The summed E-state index contributed by atoms with van der Waals surface area (Å²) < 4.78 is 10.6. The highest BCUT2D eigenvalue weighted by molar-refractivity contribution is 6.22. The number of carbonyl (C=O) groups excluding carboxylic acids is 2. The summed E-state index contributed by atoms with van der Waals surface area (Å²) in [5, 5.41) is 2.46. The minimum Gasteiger partial charge on any atom is -0.496 e. The Hall–Kier alpha value is -3.08. The summed E-state index contributed by atoms with van der Waals surface area (Å²) in [6.45, 7) is 1.53. The Labute approximate surface area is 147 Å². The molecule has 2 aromatic carbocycles. The van der Waals surface area contributed by atoms with E-state index in [1.54, 1.807) is 13.2 Å². The van der Waals surface area contributed by atoms with Crippen molar-refractivity contribution in [1.29, 1.82) is 0 Å². The van der Waals surface area contributed by atoms with Crippen LogP contribution in [0.15, 0.2) is 54.6 Å². The minimum atomic E-state index is -0.887. The first kappa shape index (κ1) is 18.3. The van der Waals surface area contributed by atoms with Crippen LogP contribution in [0.5, 0.6) is 5.75 Å².